The second-order valence-corrected chi connectivity index (χ2v) is 5.09. The minimum atomic E-state index is -4.59. The van der Waals surface area contributed by atoms with E-state index in [9.17, 15) is 22.4 Å². The van der Waals surface area contributed by atoms with Gasteiger partial charge in [-0.1, -0.05) is 6.92 Å². The normalized spacial score (nSPS) is 14.0. The Hall–Kier alpha value is -2.03. The molecule has 3 N–H and O–H groups in total. The number of alkyl halides is 3. The summed E-state index contributed by atoms with van der Waals surface area (Å²) in [6, 6.07) is 1.75. The van der Waals surface area contributed by atoms with E-state index < -0.39 is 30.4 Å². The third-order valence-corrected chi connectivity index (χ3v) is 3.08. The molecule has 0 heterocycles. The molecule has 0 fully saturated rings. The fourth-order valence-electron chi connectivity index (χ4n) is 1.54. The lowest BCUT2D eigenvalue weighted by molar-refractivity contribution is -0.153. The highest BCUT2D eigenvalue weighted by atomic mass is 19.4. The van der Waals surface area contributed by atoms with Gasteiger partial charge < -0.3 is 20.5 Å². The monoisotopic (exact) mass is 338 g/mol. The molecule has 0 aliphatic rings. The Morgan fingerprint density at radius 2 is 2.00 bits per heavy atom. The summed E-state index contributed by atoms with van der Waals surface area (Å²) in [4.78, 5) is 11.8. The first-order valence-electron chi connectivity index (χ1n) is 6.80. The largest absolute Gasteiger partial charge is 0.482 e. The number of benzene rings is 1. The van der Waals surface area contributed by atoms with Gasteiger partial charge in [-0.25, -0.2) is 9.18 Å². The quantitative estimate of drug-likeness (QED) is 0.699. The lowest BCUT2D eigenvalue weighted by atomic mass is 10.1. The number of carbonyl (C=O) groups excluding carboxylic acids is 1. The van der Waals surface area contributed by atoms with Crippen LogP contribution in [0.15, 0.2) is 18.2 Å². The van der Waals surface area contributed by atoms with Crippen LogP contribution < -0.4 is 15.4 Å². The standard InChI is InChI=1S/C14H18F4N2O3/c1-8(6-21)9(2)19-13(22)20-11-4-3-10(15)5-12(11)23-7-14(16,17)18/h3-5,8-9,21H,6-7H2,1-2H3,(H2,19,20,22). The van der Waals surface area contributed by atoms with Crippen LogP contribution in [0, 0.1) is 11.7 Å². The Labute approximate surface area is 130 Å². The molecule has 9 heteroatoms. The third kappa shape index (κ3) is 6.72. The predicted molar refractivity (Wildman–Crippen MR) is 75.8 cm³/mol. The van der Waals surface area contributed by atoms with Gasteiger partial charge in [0.15, 0.2) is 6.61 Å². The lowest BCUT2D eigenvalue weighted by Gasteiger charge is -2.20. The zero-order valence-corrected chi connectivity index (χ0v) is 12.6. The Morgan fingerprint density at radius 1 is 1.35 bits per heavy atom. The van der Waals surface area contributed by atoms with Gasteiger partial charge in [0.1, 0.15) is 11.6 Å². The highest BCUT2D eigenvalue weighted by molar-refractivity contribution is 5.91. The first-order valence-corrected chi connectivity index (χ1v) is 6.80. The van der Waals surface area contributed by atoms with Crippen LogP contribution in [-0.2, 0) is 0 Å². The van der Waals surface area contributed by atoms with Crippen LogP contribution in [0.4, 0.5) is 28.0 Å². The van der Waals surface area contributed by atoms with Crippen LogP contribution in [0.5, 0.6) is 5.75 Å². The molecule has 0 aliphatic carbocycles. The van der Waals surface area contributed by atoms with E-state index in [0.717, 1.165) is 18.2 Å². The summed E-state index contributed by atoms with van der Waals surface area (Å²) in [5, 5.41) is 13.8. The van der Waals surface area contributed by atoms with E-state index in [1.165, 1.54) is 0 Å². The van der Waals surface area contributed by atoms with E-state index >= 15 is 0 Å². The fraction of sp³-hybridized carbons (Fsp3) is 0.500. The van der Waals surface area contributed by atoms with Crippen LogP contribution in [0.3, 0.4) is 0 Å². The second-order valence-electron chi connectivity index (χ2n) is 5.09. The number of urea groups is 1. The van der Waals surface area contributed by atoms with Crippen molar-refractivity contribution in [2.45, 2.75) is 26.1 Å². The molecule has 0 spiro atoms. The minimum Gasteiger partial charge on any atom is -0.482 e. The molecule has 1 aromatic rings. The first-order chi connectivity index (χ1) is 10.6. The first kappa shape index (κ1) is 19.0. The van der Waals surface area contributed by atoms with Crippen LogP contribution in [0.2, 0.25) is 0 Å². The number of carbonyl (C=O) groups is 1. The van der Waals surface area contributed by atoms with Gasteiger partial charge >= 0.3 is 12.2 Å². The van der Waals surface area contributed by atoms with Crippen LogP contribution >= 0.6 is 0 Å². The summed E-state index contributed by atoms with van der Waals surface area (Å²) in [7, 11) is 0. The van der Waals surface area contributed by atoms with Crippen molar-refractivity contribution < 1.29 is 32.2 Å². The Balaban J connectivity index is 2.77. The van der Waals surface area contributed by atoms with E-state index in [1.807, 2.05) is 0 Å². The molecule has 23 heavy (non-hydrogen) atoms. The molecule has 0 aliphatic heterocycles. The van der Waals surface area contributed by atoms with Gasteiger partial charge in [0, 0.05) is 18.7 Å². The van der Waals surface area contributed by atoms with Crippen molar-refractivity contribution in [3.8, 4) is 5.75 Å². The van der Waals surface area contributed by atoms with E-state index in [0.29, 0.717) is 0 Å². The number of hydrogen-bond acceptors (Lipinski definition) is 3. The predicted octanol–water partition coefficient (Wildman–Crippen LogP) is 2.91. The van der Waals surface area contributed by atoms with Crippen LogP contribution in [0.1, 0.15) is 13.8 Å². The number of rotatable bonds is 6. The number of aliphatic hydroxyl groups is 1. The van der Waals surface area contributed by atoms with Crippen molar-refractivity contribution >= 4 is 11.7 Å². The number of aliphatic hydroxyl groups excluding tert-OH is 1. The van der Waals surface area contributed by atoms with Gasteiger partial charge in [-0.2, -0.15) is 13.2 Å². The topological polar surface area (TPSA) is 70.6 Å². The maximum Gasteiger partial charge on any atom is 0.422 e. The molecule has 2 atom stereocenters. The number of halogens is 4. The zero-order chi connectivity index (χ0) is 17.6. The van der Waals surface area contributed by atoms with Gasteiger partial charge in [-0.05, 0) is 25.0 Å². The lowest BCUT2D eigenvalue weighted by Crippen LogP contribution is -2.40. The van der Waals surface area contributed by atoms with Gasteiger partial charge in [0.05, 0.1) is 5.69 Å². The van der Waals surface area contributed by atoms with E-state index in [4.69, 9.17) is 5.11 Å². The van der Waals surface area contributed by atoms with E-state index in [-0.39, 0.29) is 24.3 Å². The van der Waals surface area contributed by atoms with Crippen molar-refractivity contribution in [3.63, 3.8) is 0 Å². The van der Waals surface area contributed by atoms with Crippen LogP contribution in [0.25, 0.3) is 0 Å². The summed E-state index contributed by atoms with van der Waals surface area (Å²) in [5.41, 5.74) is -0.1000. The Kier molecular flexibility index (Phi) is 6.62. The number of hydrogen-bond donors (Lipinski definition) is 3. The number of anilines is 1. The maximum atomic E-state index is 13.1. The molecule has 1 aromatic carbocycles. The van der Waals surface area contributed by atoms with Crippen LogP contribution in [-0.4, -0.2) is 36.6 Å². The van der Waals surface area contributed by atoms with Crippen molar-refractivity contribution in [1.82, 2.24) is 5.32 Å². The Morgan fingerprint density at radius 3 is 2.57 bits per heavy atom. The van der Waals surface area contributed by atoms with E-state index in [2.05, 4.69) is 15.4 Å². The molecule has 130 valence electrons. The maximum absolute atomic E-state index is 13.1. The highest BCUT2D eigenvalue weighted by Gasteiger charge is 2.29. The molecule has 2 amide bonds. The van der Waals surface area contributed by atoms with Crippen molar-refractivity contribution in [3.05, 3.63) is 24.0 Å². The average molecular weight is 338 g/mol. The molecule has 0 radical (unpaired) electrons. The second kappa shape index (κ2) is 8.00. The minimum absolute atomic E-state index is 0.1000. The summed E-state index contributed by atoms with van der Waals surface area (Å²) in [6.45, 7) is 1.62. The summed E-state index contributed by atoms with van der Waals surface area (Å²) in [6.07, 6.45) is -4.59. The smallest absolute Gasteiger partial charge is 0.422 e. The van der Waals surface area contributed by atoms with Gasteiger partial charge in [-0.3, -0.25) is 0 Å². The Bertz CT molecular complexity index is 537. The molecule has 1 rings (SSSR count). The molecular formula is C14H18F4N2O3. The molecule has 0 bridgehead atoms. The van der Waals surface area contributed by atoms with E-state index in [1.54, 1.807) is 13.8 Å². The fourth-order valence-corrected chi connectivity index (χ4v) is 1.54. The molecule has 5 nitrogen and oxygen atoms in total. The summed E-state index contributed by atoms with van der Waals surface area (Å²) in [5.74, 6) is -1.44. The van der Waals surface area contributed by atoms with Crippen molar-refractivity contribution in [2.24, 2.45) is 5.92 Å². The molecule has 0 saturated heterocycles. The molecule has 2 unspecified atom stereocenters. The third-order valence-electron chi connectivity index (χ3n) is 3.08. The number of amides is 2. The number of ether oxygens (including phenoxy) is 1. The molecule has 0 saturated carbocycles. The summed E-state index contributed by atoms with van der Waals surface area (Å²) >= 11 is 0. The highest BCUT2D eigenvalue weighted by Crippen LogP contribution is 2.27. The SMILES string of the molecule is CC(CO)C(C)NC(=O)Nc1ccc(F)cc1OCC(F)(F)F. The number of nitrogens with one attached hydrogen (secondary N) is 2. The zero-order valence-electron chi connectivity index (χ0n) is 12.6. The van der Waals surface area contributed by atoms with Gasteiger partial charge in [0.25, 0.3) is 0 Å². The van der Waals surface area contributed by atoms with Crippen molar-refractivity contribution in [1.29, 1.82) is 0 Å². The molecule has 0 aromatic heterocycles. The van der Waals surface area contributed by atoms with Gasteiger partial charge in [0.2, 0.25) is 0 Å². The van der Waals surface area contributed by atoms with Gasteiger partial charge in [-0.15, -0.1) is 0 Å². The average Bonchev–Trinajstić information content (AvgIpc) is 2.45. The summed E-state index contributed by atoms with van der Waals surface area (Å²) < 4.78 is 54.2. The molecular weight excluding hydrogens is 320 g/mol. The van der Waals surface area contributed by atoms with Crippen molar-refractivity contribution in [2.75, 3.05) is 18.5 Å².